The van der Waals surface area contributed by atoms with Crippen molar-refractivity contribution < 1.29 is 17.9 Å². The van der Waals surface area contributed by atoms with Gasteiger partial charge in [-0.05, 0) is 17.7 Å². The molecule has 2 aromatic rings. The van der Waals surface area contributed by atoms with Gasteiger partial charge in [0.25, 0.3) is 0 Å². The lowest BCUT2D eigenvalue weighted by atomic mass is 10.2. The van der Waals surface area contributed by atoms with Crippen LogP contribution in [0.2, 0.25) is 0 Å². The van der Waals surface area contributed by atoms with Crippen LogP contribution in [0.25, 0.3) is 0 Å². The molecular weight excluding hydrogens is 283 g/mol. The SMILES string of the molecule is CN(Cc1cccc(OCC(F)(F)F)c1)c1cnn(C)c1. The van der Waals surface area contributed by atoms with Crippen LogP contribution in [-0.4, -0.2) is 29.6 Å². The molecule has 21 heavy (non-hydrogen) atoms. The van der Waals surface area contributed by atoms with E-state index in [1.165, 1.54) is 6.07 Å². The minimum atomic E-state index is -4.33. The van der Waals surface area contributed by atoms with Crippen molar-refractivity contribution in [2.75, 3.05) is 18.6 Å². The monoisotopic (exact) mass is 299 g/mol. The van der Waals surface area contributed by atoms with E-state index in [0.717, 1.165) is 11.3 Å². The molecular formula is C14H16F3N3O. The molecule has 114 valence electrons. The van der Waals surface area contributed by atoms with Crippen molar-refractivity contribution in [3.05, 3.63) is 42.2 Å². The summed E-state index contributed by atoms with van der Waals surface area (Å²) in [5.74, 6) is 0.212. The lowest BCUT2D eigenvalue weighted by Gasteiger charge is -2.17. The Balaban J connectivity index is 2.00. The Bertz CT molecular complexity index is 595. The second kappa shape index (κ2) is 6.07. The van der Waals surface area contributed by atoms with E-state index in [-0.39, 0.29) is 5.75 Å². The fourth-order valence-electron chi connectivity index (χ4n) is 1.87. The number of nitrogens with zero attached hydrogens (tertiary/aromatic N) is 3. The van der Waals surface area contributed by atoms with Crippen molar-refractivity contribution in [2.45, 2.75) is 12.7 Å². The van der Waals surface area contributed by atoms with Gasteiger partial charge in [-0.1, -0.05) is 12.1 Å². The van der Waals surface area contributed by atoms with E-state index < -0.39 is 12.8 Å². The summed E-state index contributed by atoms with van der Waals surface area (Å²) in [4.78, 5) is 1.95. The summed E-state index contributed by atoms with van der Waals surface area (Å²) in [6, 6.07) is 6.64. The normalized spacial score (nSPS) is 11.5. The van der Waals surface area contributed by atoms with Gasteiger partial charge in [0.1, 0.15) is 5.75 Å². The number of hydrogen-bond donors (Lipinski definition) is 0. The Morgan fingerprint density at radius 2 is 2.10 bits per heavy atom. The molecule has 0 spiro atoms. The minimum Gasteiger partial charge on any atom is -0.484 e. The molecule has 1 aromatic carbocycles. The zero-order chi connectivity index (χ0) is 15.5. The van der Waals surface area contributed by atoms with Crippen LogP contribution in [0.1, 0.15) is 5.56 Å². The molecule has 1 aromatic heterocycles. The van der Waals surface area contributed by atoms with Gasteiger partial charge >= 0.3 is 6.18 Å². The summed E-state index contributed by atoms with van der Waals surface area (Å²) >= 11 is 0. The van der Waals surface area contributed by atoms with Crippen LogP contribution in [0.15, 0.2) is 36.7 Å². The number of benzene rings is 1. The van der Waals surface area contributed by atoms with Crippen LogP contribution in [0.4, 0.5) is 18.9 Å². The Labute approximate surface area is 120 Å². The molecule has 0 radical (unpaired) electrons. The number of rotatable bonds is 5. The van der Waals surface area contributed by atoms with Crippen molar-refractivity contribution in [3.8, 4) is 5.75 Å². The van der Waals surface area contributed by atoms with E-state index in [4.69, 9.17) is 4.74 Å². The highest BCUT2D eigenvalue weighted by atomic mass is 19.4. The van der Waals surface area contributed by atoms with Crippen LogP contribution < -0.4 is 9.64 Å². The van der Waals surface area contributed by atoms with Gasteiger partial charge in [0.05, 0.1) is 11.9 Å². The largest absolute Gasteiger partial charge is 0.484 e. The van der Waals surface area contributed by atoms with E-state index in [0.29, 0.717) is 6.54 Å². The maximum absolute atomic E-state index is 12.1. The number of halogens is 3. The number of aromatic nitrogens is 2. The summed E-state index contributed by atoms with van der Waals surface area (Å²) in [7, 11) is 3.71. The predicted molar refractivity (Wildman–Crippen MR) is 73.3 cm³/mol. The van der Waals surface area contributed by atoms with Gasteiger partial charge in [-0.2, -0.15) is 18.3 Å². The maximum atomic E-state index is 12.1. The molecule has 0 saturated carbocycles. The molecule has 0 unspecified atom stereocenters. The highest BCUT2D eigenvalue weighted by molar-refractivity contribution is 5.42. The Morgan fingerprint density at radius 3 is 2.71 bits per heavy atom. The second-order valence-corrected chi connectivity index (χ2v) is 4.78. The summed E-state index contributed by atoms with van der Waals surface area (Å²) in [6.07, 6.45) is -0.740. The van der Waals surface area contributed by atoms with Crippen LogP contribution in [0, 0.1) is 0 Å². The first kappa shape index (κ1) is 15.2. The molecule has 0 atom stereocenters. The lowest BCUT2D eigenvalue weighted by Crippen LogP contribution is -2.19. The first-order chi connectivity index (χ1) is 9.83. The molecule has 0 N–H and O–H groups in total. The van der Waals surface area contributed by atoms with E-state index in [9.17, 15) is 13.2 Å². The number of hydrogen-bond acceptors (Lipinski definition) is 3. The first-order valence-corrected chi connectivity index (χ1v) is 6.32. The van der Waals surface area contributed by atoms with Gasteiger partial charge in [0.15, 0.2) is 6.61 Å². The zero-order valence-electron chi connectivity index (χ0n) is 11.8. The molecule has 0 saturated heterocycles. The highest BCUT2D eigenvalue weighted by Gasteiger charge is 2.28. The molecule has 0 aliphatic carbocycles. The topological polar surface area (TPSA) is 30.3 Å². The zero-order valence-corrected chi connectivity index (χ0v) is 11.8. The Hall–Kier alpha value is -2.18. The third kappa shape index (κ3) is 4.70. The van der Waals surface area contributed by atoms with Gasteiger partial charge in [-0.3, -0.25) is 4.68 Å². The summed E-state index contributed by atoms with van der Waals surface area (Å²) < 4.78 is 42.8. The van der Waals surface area contributed by atoms with Crippen molar-refractivity contribution in [1.82, 2.24) is 9.78 Å². The molecule has 0 bridgehead atoms. The molecule has 7 heteroatoms. The fourth-order valence-corrected chi connectivity index (χ4v) is 1.87. The number of ether oxygens (including phenoxy) is 1. The quantitative estimate of drug-likeness (QED) is 0.850. The number of aryl methyl sites for hydroxylation is 1. The molecule has 0 amide bonds. The highest BCUT2D eigenvalue weighted by Crippen LogP contribution is 2.21. The minimum absolute atomic E-state index is 0.212. The second-order valence-electron chi connectivity index (χ2n) is 4.78. The van der Waals surface area contributed by atoms with Crippen molar-refractivity contribution in [1.29, 1.82) is 0 Å². The fraction of sp³-hybridized carbons (Fsp3) is 0.357. The molecule has 0 aliphatic rings. The molecule has 0 aliphatic heterocycles. The van der Waals surface area contributed by atoms with Gasteiger partial charge in [0.2, 0.25) is 0 Å². The summed E-state index contributed by atoms with van der Waals surface area (Å²) in [5, 5.41) is 4.08. The van der Waals surface area contributed by atoms with Crippen molar-refractivity contribution in [3.63, 3.8) is 0 Å². The summed E-state index contributed by atoms with van der Waals surface area (Å²) in [5.41, 5.74) is 1.79. The third-order valence-corrected chi connectivity index (χ3v) is 2.85. The van der Waals surface area contributed by atoms with Crippen LogP contribution >= 0.6 is 0 Å². The van der Waals surface area contributed by atoms with Gasteiger partial charge < -0.3 is 9.64 Å². The van der Waals surface area contributed by atoms with Crippen molar-refractivity contribution in [2.24, 2.45) is 7.05 Å². The smallest absolute Gasteiger partial charge is 0.422 e. The van der Waals surface area contributed by atoms with Crippen LogP contribution in [-0.2, 0) is 13.6 Å². The average molecular weight is 299 g/mol. The number of alkyl halides is 3. The van der Waals surface area contributed by atoms with E-state index >= 15 is 0 Å². The average Bonchev–Trinajstić information content (AvgIpc) is 2.83. The lowest BCUT2D eigenvalue weighted by molar-refractivity contribution is -0.153. The number of anilines is 1. The first-order valence-electron chi connectivity index (χ1n) is 6.32. The van der Waals surface area contributed by atoms with E-state index in [2.05, 4.69) is 5.10 Å². The molecule has 1 heterocycles. The van der Waals surface area contributed by atoms with E-state index in [1.54, 1.807) is 23.0 Å². The van der Waals surface area contributed by atoms with Crippen molar-refractivity contribution >= 4 is 5.69 Å². The standard InChI is InChI=1S/C14H16F3N3O/c1-19(12-7-18-20(2)9-12)8-11-4-3-5-13(6-11)21-10-14(15,16)17/h3-7,9H,8,10H2,1-2H3. The molecule has 4 nitrogen and oxygen atoms in total. The van der Waals surface area contributed by atoms with Gasteiger partial charge in [-0.25, -0.2) is 0 Å². The predicted octanol–water partition coefficient (Wildman–Crippen LogP) is 3.00. The van der Waals surface area contributed by atoms with Gasteiger partial charge in [-0.15, -0.1) is 0 Å². The van der Waals surface area contributed by atoms with Crippen LogP contribution in [0.3, 0.4) is 0 Å². The maximum Gasteiger partial charge on any atom is 0.422 e. The van der Waals surface area contributed by atoms with E-state index in [1.807, 2.05) is 31.3 Å². The van der Waals surface area contributed by atoms with Crippen LogP contribution in [0.5, 0.6) is 5.75 Å². The summed E-state index contributed by atoms with van der Waals surface area (Å²) in [6.45, 7) is -0.732. The Morgan fingerprint density at radius 1 is 1.33 bits per heavy atom. The third-order valence-electron chi connectivity index (χ3n) is 2.85. The Kier molecular flexibility index (Phi) is 4.40. The van der Waals surface area contributed by atoms with Gasteiger partial charge in [0, 0.05) is 26.8 Å². The molecule has 2 rings (SSSR count). The molecule has 0 fully saturated rings.